The quantitative estimate of drug-likeness (QED) is 0.424. The Hall–Kier alpha value is -3.82. The zero-order valence-corrected chi connectivity index (χ0v) is 18.6. The van der Waals surface area contributed by atoms with E-state index in [1.54, 1.807) is 10.6 Å². The summed E-state index contributed by atoms with van der Waals surface area (Å²) >= 11 is 0. The second kappa shape index (κ2) is 11.9. The number of ether oxygens (including phenoxy) is 2. The molecule has 10 heteroatoms. The highest BCUT2D eigenvalue weighted by molar-refractivity contribution is 5.94. The smallest absolute Gasteiger partial charge is 0.387 e. The number of nitrogens with zero attached hydrogens (tertiary/aromatic N) is 2. The molecule has 3 aromatic rings. The number of anilines is 1. The maximum absolute atomic E-state index is 12.9. The van der Waals surface area contributed by atoms with E-state index < -0.39 is 25.1 Å². The van der Waals surface area contributed by atoms with Crippen LogP contribution in [0.1, 0.15) is 31.9 Å². The third-order valence-corrected chi connectivity index (χ3v) is 4.96. The molecule has 3 rings (SSSR count). The van der Waals surface area contributed by atoms with Gasteiger partial charge in [0.25, 0.3) is 11.5 Å². The number of carbonyl (C=O) groups excluding carboxylic acids is 2. The van der Waals surface area contributed by atoms with E-state index in [0.717, 1.165) is 18.4 Å². The lowest BCUT2D eigenvalue weighted by Gasteiger charge is -2.12. The maximum atomic E-state index is 12.9. The highest BCUT2D eigenvalue weighted by Crippen LogP contribution is 2.25. The number of benzene rings is 2. The molecule has 0 spiro atoms. The number of esters is 1. The monoisotopic (exact) mass is 473 g/mol. The molecule has 180 valence electrons. The molecule has 0 aliphatic heterocycles. The van der Waals surface area contributed by atoms with Gasteiger partial charge in [-0.2, -0.15) is 8.78 Å². The Morgan fingerprint density at radius 2 is 1.85 bits per heavy atom. The standard InChI is InChI=1S/C24H25F2N3O5/c1-2-3-14-29-19-10-6-4-8-16(19)27-18(23(29)32)12-13-22(31)33-15-21(30)28-17-9-5-7-11-20(17)34-24(25)26/h4-11,24H,2-3,12-15H2,1H3,(H,28,30). The van der Waals surface area contributed by atoms with Crippen molar-refractivity contribution in [1.29, 1.82) is 0 Å². The van der Waals surface area contributed by atoms with E-state index >= 15 is 0 Å². The number of amides is 1. The minimum atomic E-state index is -3.05. The van der Waals surface area contributed by atoms with Gasteiger partial charge in [-0.25, -0.2) is 4.98 Å². The van der Waals surface area contributed by atoms with Crippen molar-refractivity contribution in [3.8, 4) is 5.75 Å². The Kier molecular flexibility index (Phi) is 8.66. The molecule has 0 saturated heterocycles. The average molecular weight is 473 g/mol. The second-order valence-electron chi connectivity index (χ2n) is 7.44. The van der Waals surface area contributed by atoms with E-state index in [4.69, 9.17) is 4.74 Å². The Morgan fingerprint density at radius 1 is 1.12 bits per heavy atom. The van der Waals surface area contributed by atoms with Gasteiger partial charge < -0.3 is 19.4 Å². The summed E-state index contributed by atoms with van der Waals surface area (Å²) in [5.74, 6) is -1.62. The summed E-state index contributed by atoms with van der Waals surface area (Å²) in [6.07, 6.45) is 1.66. The molecule has 8 nitrogen and oxygen atoms in total. The summed E-state index contributed by atoms with van der Waals surface area (Å²) in [6, 6.07) is 13.0. The largest absolute Gasteiger partial charge is 0.456 e. The molecule has 0 aliphatic carbocycles. The van der Waals surface area contributed by atoms with Crippen LogP contribution >= 0.6 is 0 Å². The number of carbonyl (C=O) groups is 2. The summed E-state index contributed by atoms with van der Waals surface area (Å²) in [5, 5.41) is 2.36. The molecule has 0 bridgehead atoms. The molecule has 0 radical (unpaired) electrons. The lowest BCUT2D eigenvalue weighted by molar-refractivity contribution is -0.147. The Labute approximate surface area is 194 Å². The number of rotatable bonds is 11. The molecular weight excluding hydrogens is 448 g/mol. The Bertz CT molecular complexity index is 1210. The van der Waals surface area contributed by atoms with Gasteiger partial charge >= 0.3 is 12.6 Å². The molecule has 1 amide bonds. The van der Waals surface area contributed by atoms with E-state index in [2.05, 4.69) is 15.0 Å². The van der Waals surface area contributed by atoms with Crippen molar-refractivity contribution < 1.29 is 27.8 Å². The fraction of sp³-hybridized carbons (Fsp3) is 0.333. The average Bonchev–Trinajstić information content (AvgIpc) is 2.82. The van der Waals surface area contributed by atoms with Gasteiger partial charge in [-0.15, -0.1) is 0 Å². The lowest BCUT2D eigenvalue weighted by atomic mass is 10.2. The molecule has 0 aliphatic rings. The molecule has 0 fully saturated rings. The topological polar surface area (TPSA) is 99.5 Å². The molecule has 1 N–H and O–H groups in total. The molecule has 0 atom stereocenters. The van der Waals surface area contributed by atoms with Crippen molar-refractivity contribution in [2.75, 3.05) is 11.9 Å². The number of hydrogen-bond acceptors (Lipinski definition) is 6. The van der Waals surface area contributed by atoms with Gasteiger partial charge in [0.2, 0.25) is 0 Å². The van der Waals surface area contributed by atoms with Gasteiger partial charge in [0.15, 0.2) is 6.61 Å². The number of unbranched alkanes of at least 4 members (excludes halogenated alkanes) is 1. The fourth-order valence-electron chi connectivity index (χ4n) is 3.34. The van der Waals surface area contributed by atoms with E-state index in [-0.39, 0.29) is 35.5 Å². The number of nitrogens with one attached hydrogen (secondary N) is 1. The van der Waals surface area contributed by atoms with Crippen LogP contribution in [0.15, 0.2) is 53.3 Å². The fourth-order valence-corrected chi connectivity index (χ4v) is 3.34. The third-order valence-electron chi connectivity index (χ3n) is 4.96. The predicted molar refractivity (Wildman–Crippen MR) is 122 cm³/mol. The van der Waals surface area contributed by atoms with E-state index in [9.17, 15) is 23.2 Å². The lowest BCUT2D eigenvalue weighted by Crippen LogP contribution is -2.27. The number of alkyl halides is 2. The highest BCUT2D eigenvalue weighted by atomic mass is 19.3. The van der Waals surface area contributed by atoms with Crippen molar-refractivity contribution in [3.05, 3.63) is 64.6 Å². The zero-order chi connectivity index (χ0) is 24.5. The van der Waals surface area contributed by atoms with Crippen LogP contribution in [0.2, 0.25) is 0 Å². The minimum absolute atomic E-state index is 0.0249. The summed E-state index contributed by atoms with van der Waals surface area (Å²) in [7, 11) is 0. The predicted octanol–water partition coefficient (Wildman–Crippen LogP) is 3.91. The Balaban J connectivity index is 1.59. The molecule has 34 heavy (non-hydrogen) atoms. The van der Waals surface area contributed by atoms with Crippen LogP contribution in [0.25, 0.3) is 11.0 Å². The summed E-state index contributed by atoms with van der Waals surface area (Å²) in [6.45, 7) is -1.09. The minimum Gasteiger partial charge on any atom is -0.456 e. The van der Waals surface area contributed by atoms with Gasteiger partial charge in [0.05, 0.1) is 23.1 Å². The number of aromatic nitrogens is 2. The number of para-hydroxylation sites is 4. The summed E-state index contributed by atoms with van der Waals surface area (Å²) in [4.78, 5) is 41.5. The molecular formula is C24H25F2N3O5. The first-order chi connectivity index (χ1) is 16.4. The SMILES string of the molecule is CCCCn1c(=O)c(CCC(=O)OCC(=O)Nc2ccccc2OC(F)F)nc2ccccc21. The number of fused-ring (bicyclic) bond motifs is 1. The summed E-state index contributed by atoms with van der Waals surface area (Å²) in [5.41, 5.74) is 1.41. The van der Waals surface area contributed by atoms with E-state index in [0.29, 0.717) is 12.1 Å². The van der Waals surface area contributed by atoms with Crippen LogP contribution in [0.4, 0.5) is 14.5 Å². The van der Waals surface area contributed by atoms with Gasteiger partial charge in [-0.1, -0.05) is 37.6 Å². The van der Waals surface area contributed by atoms with Crippen LogP contribution in [-0.2, 0) is 27.3 Å². The van der Waals surface area contributed by atoms with Crippen LogP contribution in [-0.4, -0.2) is 34.6 Å². The van der Waals surface area contributed by atoms with Gasteiger partial charge in [-0.3, -0.25) is 14.4 Å². The summed E-state index contributed by atoms with van der Waals surface area (Å²) < 4.78 is 35.9. The van der Waals surface area contributed by atoms with Gasteiger partial charge in [-0.05, 0) is 30.7 Å². The molecule has 0 unspecified atom stereocenters. The van der Waals surface area contributed by atoms with Crippen LogP contribution < -0.4 is 15.6 Å². The first-order valence-electron chi connectivity index (χ1n) is 10.9. The van der Waals surface area contributed by atoms with Crippen LogP contribution in [0, 0.1) is 0 Å². The maximum Gasteiger partial charge on any atom is 0.387 e. The van der Waals surface area contributed by atoms with Crippen molar-refractivity contribution in [1.82, 2.24) is 9.55 Å². The number of aryl methyl sites for hydroxylation is 2. The van der Waals surface area contributed by atoms with Crippen molar-refractivity contribution >= 4 is 28.6 Å². The van der Waals surface area contributed by atoms with Crippen LogP contribution in [0.5, 0.6) is 5.75 Å². The Morgan fingerprint density at radius 3 is 2.62 bits per heavy atom. The second-order valence-corrected chi connectivity index (χ2v) is 7.44. The molecule has 2 aromatic carbocycles. The van der Waals surface area contributed by atoms with Crippen LogP contribution in [0.3, 0.4) is 0 Å². The van der Waals surface area contributed by atoms with Gasteiger partial charge in [0, 0.05) is 13.0 Å². The molecule has 0 saturated carbocycles. The van der Waals surface area contributed by atoms with E-state index in [1.165, 1.54) is 24.3 Å². The zero-order valence-electron chi connectivity index (χ0n) is 18.6. The first kappa shape index (κ1) is 24.8. The third kappa shape index (κ3) is 6.60. The van der Waals surface area contributed by atoms with E-state index in [1.807, 2.05) is 25.1 Å². The van der Waals surface area contributed by atoms with Gasteiger partial charge in [0.1, 0.15) is 11.4 Å². The van der Waals surface area contributed by atoms with Crippen molar-refractivity contribution in [2.24, 2.45) is 0 Å². The number of hydrogen-bond donors (Lipinski definition) is 1. The molecule has 1 aromatic heterocycles. The number of halogens is 2. The normalized spacial score (nSPS) is 10.9. The highest BCUT2D eigenvalue weighted by Gasteiger charge is 2.15. The molecule has 1 heterocycles. The van der Waals surface area contributed by atoms with Crippen molar-refractivity contribution in [3.63, 3.8) is 0 Å². The van der Waals surface area contributed by atoms with Crippen molar-refractivity contribution in [2.45, 2.75) is 45.8 Å². The first-order valence-corrected chi connectivity index (χ1v) is 10.9.